The molecule has 5 rings (SSSR count). The molecule has 1 N–H and O–H groups in total. The molecule has 5 atom stereocenters. The van der Waals surface area contributed by atoms with Crippen molar-refractivity contribution >= 4 is 0 Å². The largest absolute Gasteiger partial charge is 0.454 e. The van der Waals surface area contributed by atoms with Crippen LogP contribution in [-0.2, 0) is 14.9 Å². The molecule has 6 nitrogen and oxygen atoms in total. The van der Waals surface area contributed by atoms with Gasteiger partial charge in [-0.2, -0.15) is 0 Å². The molecule has 1 aromatic rings. The second kappa shape index (κ2) is 4.95. The Kier molecular flexibility index (Phi) is 3.04. The molecule has 0 radical (unpaired) electrons. The van der Waals surface area contributed by atoms with Gasteiger partial charge in [-0.05, 0) is 31.2 Å². The second-order valence-corrected chi connectivity index (χ2v) is 7.03. The fourth-order valence-electron chi connectivity index (χ4n) is 4.82. The summed E-state index contributed by atoms with van der Waals surface area (Å²) in [6, 6.07) is 4.14. The van der Waals surface area contributed by atoms with Gasteiger partial charge in [0.2, 0.25) is 6.79 Å². The Balaban J connectivity index is 1.73. The van der Waals surface area contributed by atoms with Gasteiger partial charge in [0.25, 0.3) is 0 Å². The Morgan fingerprint density at radius 2 is 2.08 bits per heavy atom. The highest BCUT2D eigenvalue weighted by molar-refractivity contribution is 5.56. The SMILES string of the molecule is CO[C@H]1C=C[C@@]23c4cc5c(cc4[C@H](O)O[C@H]2CN(C)[C@H]3C1)OCO5. The number of methoxy groups -OCH3 is 1. The molecule has 1 spiro atoms. The van der Waals surface area contributed by atoms with Crippen molar-refractivity contribution in [2.45, 2.75) is 36.4 Å². The molecule has 1 fully saturated rings. The van der Waals surface area contributed by atoms with Gasteiger partial charge in [-0.3, -0.25) is 4.90 Å². The summed E-state index contributed by atoms with van der Waals surface area (Å²) >= 11 is 0. The van der Waals surface area contributed by atoms with Crippen LogP contribution in [0, 0.1) is 0 Å². The van der Waals surface area contributed by atoms with Gasteiger partial charge < -0.3 is 24.1 Å². The van der Waals surface area contributed by atoms with Crippen molar-refractivity contribution in [2.75, 3.05) is 27.5 Å². The van der Waals surface area contributed by atoms with E-state index in [1.165, 1.54) is 0 Å². The molecule has 128 valence electrons. The van der Waals surface area contributed by atoms with Crippen LogP contribution in [0.2, 0.25) is 0 Å². The molecule has 3 aliphatic heterocycles. The molecular weight excluding hydrogens is 310 g/mol. The zero-order valence-corrected chi connectivity index (χ0v) is 13.8. The third-order valence-electron chi connectivity index (χ3n) is 5.99. The molecule has 1 aromatic carbocycles. The minimum Gasteiger partial charge on any atom is -0.454 e. The van der Waals surface area contributed by atoms with E-state index >= 15 is 0 Å². The van der Waals surface area contributed by atoms with Crippen molar-refractivity contribution in [1.82, 2.24) is 4.90 Å². The maximum atomic E-state index is 10.5. The van der Waals surface area contributed by atoms with E-state index in [1.54, 1.807) is 7.11 Å². The summed E-state index contributed by atoms with van der Waals surface area (Å²) in [5, 5.41) is 10.5. The van der Waals surface area contributed by atoms with E-state index in [0.717, 1.165) is 29.8 Å². The number of nitrogens with zero attached hydrogens (tertiary/aromatic N) is 1. The average molecular weight is 331 g/mol. The van der Waals surface area contributed by atoms with Gasteiger partial charge in [0.15, 0.2) is 17.8 Å². The number of likely N-dealkylation sites (N-methyl/N-ethyl adjacent to an activating group) is 1. The Bertz CT molecular complexity index is 720. The number of fused-ring (bicyclic) bond motifs is 2. The Labute approximate surface area is 140 Å². The van der Waals surface area contributed by atoms with Crippen molar-refractivity contribution in [3.8, 4) is 11.5 Å². The van der Waals surface area contributed by atoms with Gasteiger partial charge in [0.05, 0.1) is 17.6 Å². The fraction of sp³-hybridized carbons (Fsp3) is 0.556. The van der Waals surface area contributed by atoms with Gasteiger partial charge in [-0.25, -0.2) is 0 Å². The molecule has 1 saturated heterocycles. The Hall–Kier alpha value is -1.60. The van der Waals surface area contributed by atoms with Crippen LogP contribution in [0.3, 0.4) is 0 Å². The lowest BCUT2D eigenvalue weighted by Gasteiger charge is -2.46. The van der Waals surface area contributed by atoms with Crippen molar-refractivity contribution in [1.29, 1.82) is 0 Å². The van der Waals surface area contributed by atoms with Crippen LogP contribution >= 0.6 is 0 Å². The van der Waals surface area contributed by atoms with Gasteiger partial charge in [0.1, 0.15) is 0 Å². The summed E-state index contributed by atoms with van der Waals surface area (Å²) in [6.07, 6.45) is 4.31. The van der Waals surface area contributed by atoms with E-state index in [1.807, 2.05) is 12.1 Å². The van der Waals surface area contributed by atoms with Gasteiger partial charge in [0, 0.05) is 25.3 Å². The third kappa shape index (κ3) is 1.74. The zero-order chi connectivity index (χ0) is 16.5. The normalized spacial score (nSPS) is 39.5. The summed E-state index contributed by atoms with van der Waals surface area (Å²) < 4.78 is 22.6. The fourth-order valence-corrected chi connectivity index (χ4v) is 4.82. The number of benzene rings is 1. The van der Waals surface area contributed by atoms with Crippen LogP contribution < -0.4 is 9.47 Å². The topological polar surface area (TPSA) is 60.4 Å². The van der Waals surface area contributed by atoms with E-state index in [2.05, 4.69) is 24.1 Å². The molecule has 4 aliphatic rings. The average Bonchev–Trinajstić information content (AvgIpc) is 3.16. The van der Waals surface area contributed by atoms with Crippen LogP contribution in [0.5, 0.6) is 11.5 Å². The maximum absolute atomic E-state index is 10.5. The number of aliphatic hydroxyl groups excluding tert-OH is 1. The molecule has 0 aromatic heterocycles. The highest BCUT2D eigenvalue weighted by Crippen LogP contribution is 2.54. The number of rotatable bonds is 1. The monoisotopic (exact) mass is 331 g/mol. The summed E-state index contributed by atoms with van der Waals surface area (Å²) in [5.41, 5.74) is 1.56. The lowest BCUT2D eigenvalue weighted by molar-refractivity contribution is -0.160. The van der Waals surface area contributed by atoms with Crippen LogP contribution in [0.4, 0.5) is 0 Å². The van der Waals surface area contributed by atoms with Crippen molar-refractivity contribution in [2.24, 2.45) is 0 Å². The van der Waals surface area contributed by atoms with Gasteiger partial charge in [-0.1, -0.05) is 12.2 Å². The predicted molar refractivity (Wildman–Crippen MR) is 85.0 cm³/mol. The lowest BCUT2D eigenvalue weighted by Crippen LogP contribution is -2.52. The van der Waals surface area contributed by atoms with Crippen molar-refractivity contribution in [3.05, 3.63) is 35.4 Å². The van der Waals surface area contributed by atoms with E-state index < -0.39 is 6.29 Å². The third-order valence-corrected chi connectivity index (χ3v) is 5.99. The smallest absolute Gasteiger partial charge is 0.231 e. The first-order chi connectivity index (χ1) is 11.6. The second-order valence-electron chi connectivity index (χ2n) is 7.03. The molecule has 3 heterocycles. The summed E-state index contributed by atoms with van der Waals surface area (Å²) in [7, 11) is 3.85. The number of aliphatic hydroxyl groups is 1. The van der Waals surface area contributed by atoms with E-state index in [0.29, 0.717) is 5.75 Å². The zero-order valence-electron chi connectivity index (χ0n) is 13.8. The van der Waals surface area contributed by atoms with E-state index in [9.17, 15) is 5.11 Å². The first-order valence-corrected chi connectivity index (χ1v) is 8.33. The number of hydrogen-bond acceptors (Lipinski definition) is 6. The van der Waals surface area contributed by atoms with E-state index in [-0.39, 0.29) is 30.5 Å². The Morgan fingerprint density at radius 1 is 1.29 bits per heavy atom. The van der Waals surface area contributed by atoms with Crippen molar-refractivity contribution in [3.63, 3.8) is 0 Å². The minimum atomic E-state index is -0.939. The van der Waals surface area contributed by atoms with Gasteiger partial charge in [-0.15, -0.1) is 0 Å². The summed E-state index contributed by atoms with van der Waals surface area (Å²) in [4.78, 5) is 2.31. The highest BCUT2D eigenvalue weighted by atomic mass is 16.7. The number of likely N-dealkylation sites (tertiary alicyclic amines) is 1. The molecule has 0 amide bonds. The van der Waals surface area contributed by atoms with E-state index in [4.69, 9.17) is 18.9 Å². The molecule has 1 aliphatic carbocycles. The number of ether oxygens (including phenoxy) is 4. The quantitative estimate of drug-likeness (QED) is 0.784. The van der Waals surface area contributed by atoms with Crippen molar-refractivity contribution < 1.29 is 24.1 Å². The molecule has 0 saturated carbocycles. The first kappa shape index (κ1) is 14.7. The van der Waals surface area contributed by atoms with Crippen LogP contribution in [0.15, 0.2) is 24.3 Å². The molecule has 24 heavy (non-hydrogen) atoms. The summed E-state index contributed by atoms with van der Waals surface area (Å²) in [6.45, 7) is 0.993. The molecule has 6 heteroatoms. The first-order valence-electron chi connectivity index (χ1n) is 8.33. The van der Waals surface area contributed by atoms with Crippen LogP contribution in [0.1, 0.15) is 23.8 Å². The molecular formula is C18H21NO5. The maximum Gasteiger partial charge on any atom is 0.231 e. The molecule has 0 unspecified atom stereocenters. The highest BCUT2D eigenvalue weighted by Gasteiger charge is 2.59. The Morgan fingerprint density at radius 3 is 2.88 bits per heavy atom. The van der Waals surface area contributed by atoms with Crippen LogP contribution in [-0.4, -0.2) is 55.8 Å². The lowest BCUT2D eigenvalue weighted by atomic mass is 9.65. The standard InChI is InChI=1S/C18H21NO5/c1-19-8-16-18(4-3-10(21-2)5-15(18)19)12-7-14-13(22-9-23-14)6-11(12)17(20)24-16/h3-4,6-7,10,15-17,20H,5,8-9H2,1-2H3/t10-,15-,16-,17+,18-/m0/s1. The van der Waals surface area contributed by atoms with Gasteiger partial charge >= 0.3 is 0 Å². The molecule has 0 bridgehead atoms. The number of hydrogen-bond donors (Lipinski definition) is 1. The summed E-state index contributed by atoms with van der Waals surface area (Å²) in [5.74, 6) is 1.41. The minimum absolute atomic E-state index is 0.0931. The van der Waals surface area contributed by atoms with Crippen LogP contribution in [0.25, 0.3) is 0 Å². The predicted octanol–water partition coefficient (Wildman–Crippen LogP) is 1.33.